The molecule has 0 unspecified atom stereocenters. The Morgan fingerprint density at radius 3 is 2.00 bits per heavy atom. The fourth-order valence-electron chi connectivity index (χ4n) is 0.0532. The van der Waals surface area contributed by atoms with E-state index in [0.717, 1.165) is 5.20 Å². The first-order chi connectivity index (χ1) is 3.06. The molecule has 6 nitrogen and oxygen atoms in total. The number of rotatable bonds is 2. The second-order valence-electron chi connectivity index (χ2n) is 0.735. The third-order valence-corrected chi connectivity index (χ3v) is 0.513. The molecule has 3 N–H and O–H groups in total. The number of nitrogens with zero attached hydrogens (tertiary/aromatic N) is 1. The Kier molecular flexibility index (Phi) is 1.89. The molecule has 0 aliphatic carbocycles. The Labute approximate surface area is 38.7 Å². The van der Waals surface area contributed by atoms with Crippen LogP contribution in [0.3, 0.4) is 0 Å². The molecule has 0 heterocycles. The fourth-order valence-corrected chi connectivity index (χ4v) is 0.160. The van der Waals surface area contributed by atoms with Crippen molar-refractivity contribution in [3.8, 4) is 0 Å². The van der Waals surface area contributed by atoms with E-state index in [0.29, 0.717) is 0 Å². The molecule has 0 saturated heterocycles. The summed E-state index contributed by atoms with van der Waals surface area (Å²) in [6.07, 6.45) is 0. The fraction of sp³-hybridized carbons (Fsp3) is 0. The normalized spacial score (nSPS) is 10.6. The number of hydrogen-bond acceptors (Lipinski definition) is 3. The van der Waals surface area contributed by atoms with Gasteiger partial charge >= 0.3 is 7.75 Å². The van der Waals surface area contributed by atoms with Gasteiger partial charge in [-0.05, 0) is 0 Å². The molecule has 0 amide bonds. The summed E-state index contributed by atoms with van der Waals surface area (Å²) < 4.78 is 9.52. The van der Waals surface area contributed by atoms with Gasteiger partial charge in [-0.2, -0.15) is 5.20 Å². The number of hydrogen-bond donors (Lipinski definition) is 3. The van der Waals surface area contributed by atoms with E-state index in [-0.39, 0.29) is 0 Å². The summed E-state index contributed by atoms with van der Waals surface area (Å²) in [5.74, 6) is 0. The van der Waals surface area contributed by atoms with Crippen LogP contribution in [0.5, 0.6) is 0 Å². The molecule has 0 aromatic rings. The van der Waals surface area contributed by atoms with Gasteiger partial charge in [0, 0.05) is 0 Å². The smallest absolute Gasteiger partial charge is 0.307 e. The lowest BCUT2D eigenvalue weighted by Crippen LogP contribution is -1.97. The van der Waals surface area contributed by atoms with E-state index in [2.05, 4.69) is 0 Å². The topological polar surface area (TPSA) is 99.0 Å². The molecule has 0 saturated carbocycles. The van der Waals surface area contributed by atoms with Crippen LogP contribution in [0.4, 0.5) is 0 Å². The summed E-state index contributed by atoms with van der Waals surface area (Å²) in [5.41, 5.74) is 0. The molecule has 0 radical (unpaired) electrons. The number of nitroso groups, excluding NO2 is 1. The lowest BCUT2D eigenvalue weighted by molar-refractivity contribution is 0.358. The Morgan fingerprint density at radius 2 is 2.00 bits per heavy atom. The largest absolute Gasteiger partial charge is 0.445 e. The summed E-state index contributed by atoms with van der Waals surface area (Å²) in [4.78, 5) is 24.4. The minimum absolute atomic E-state index is 1.02. The monoisotopic (exact) mass is 126 g/mol. The maximum absolute atomic E-state index is 9.52. The van der Waals surface area contributed by atoms with E-state index in [1.165, 1.54) is 0 Å². The minimum Gasteiger partial charge on any atom is -0.307 e. The van der Waals surface area contributed by atoms with Gasteiger partial charge in [0.1, 0.15) is 0 Å². The summed E-state index contributed by atoms with van der Waals surface area (Å²) in [5, 5.41) is 2.76. The van der Waals surface area contributed by atoms with Crippen molar-refractivity contribution in [1.29, 1.82) is 0 Å². The van der Waals surface area contributed by atoms with Crippen molar-refractivity contribution in [1.82, 2.24) is 5.20 Å². The van der Waals surface area contributed by atoms with Crippen LogP contribution in [0.1, 0.15) is 0 Å². The zero-order valence-electron chi connectivity index (χ0n) is 3.11. The molecule has 0 aromatic carbocycles. The van der Waals surface area contributed by atoms with Crippen molar-refractivity contribution in [2.75, 3.05) is 0 Å². The van der Waals surface area contributed by atoms with Gasteiger partial charge in [0.15, 0.2) is 0 Å². The molecule has 0 fully saturated rings. The second-order valence-corrected chi connectivity index (χ2v) is 2.02. The van der Waals surface area contributed by atoms with Gasteiger partial charge in [-0.15, -0.1) is 4.91 Å². The highest BCUT2D eigenvalue weighted by molar-refractivity contribution is 7.49. The molecule has 7 heavy (non-hydrogen) atoms. The van der Waals surface area contributed by atoms with E-state index in [9.17, 15) is 4.57 Å². The van der Waals surface area contributed by atoms with Crippen LogP contribution in [0, 0.1) is 4.91 Å². The number of nitrogens with one attached hydrogen (secondary N) is 1. The first-order valence-electron chi connectivity index (χ1n) is 1.21. The summed E-state index contributed by atoms with van der Waals surface area (Å²) in [6, 6.07) is 0. The van der Waals surface area contributed by atoms with Crippen molar-refractivity contribution in [3.05, 3.63) is 4.91 Å². The van der Waals surface area contributed by atoms with Gasteiger partial charge in [0.2, 0.25) is 0 Å². The van der Waals surface area contributed by atoms with Gasteiger partial charge in [-0.3, -0.25) is 0 Å². The van der Waals surface area contributed by atoms with E-state index >= 15 is 0 Å². The minimum atomic E-state index is -4.39. The van der Waals surface area contributed by atoms with Crippen LogP contribution in [0.15, 0.2) is 5.29 Å². The van der Waals surface area contributed by atoms with Crippen molar-refractivity contribution in [2.24, 2.45) is 5.29 Å². The molecule has 0 aliphatic rings. The molecule has 42 valence electrons. The van der Waals surface area contributed by atoms with Crippen LogP contribution in [0.25, 0.3) is 0 Å². The molecule has 0 aliphatic heterocycles. The van der Waals surface area contributed by atoms with Gasteiger partial charge in [-0.1, -0.05) is 0 Å². The van der Waals surface area contributed by atoms with Gasteiger partial charge < -0.3 is 9.79 Å². The van der Waals surface area contributed by atoms with Gasteiger partial charge in [0.05, 0.1) is 5.29 Å². The zero-order valence-corrected chi connectivity index (χ0v) is 4.00. The van der Waals surface area contributed by atoms with Crippen LogP contribution >= 0.6 is 7.75 Å². The van der Waals surface area contributed by atoms with Crippen LogP contribution in [-0.4, -0.2) is 9.79 Å². The molecule has 0 aromatic heterocycles. The molecule has 0 atom stereocenters. The van der Waals surface area contributed by atoms with E-state index in [4.69, 9.17) is 14.7 Å². The molecule has 7 heteroatoms. The molecule has 0 spiro atoms. The highest BCUT2D eigenvalue weighted by Gasteiger charge is 2.09. The third kappa shape index (κ3) is 5.55. The predicted molar refractivity (Wildman–Crippen MR) is 21.0 cm³/mol. The van der Waals surface area contributed by atoms with Crippen molar-refractivity contribution < 1.29 is 14.4 Å². The summed E-state index contributed by atoms with van der Waals surface area (Å²) in [6.45, 7) is 0. The highest BCUT2D eigenvalue weighted by atomic mass is 31.2. The first kappa shape index (κ1) is 6.55. The van der Waals surface area contributed by atoms with Gasteiger partial charge in [-0.25, -0.2) is 4.57 Å². The van der Waals surface area contributed by atoms with Crippen molar-refractivity contribution in [2.45, 2.75) is 0 Å². The Bertz CT molecular complexity index is 102. The quantitative estimate of drug-likeness (QED) is 0.259. The Morgan fingerprint density at radius 1 is 1.57 bits per heavy atom. The Balaban J connectivity index is 3.57. The molecule has 0 rings (SSSR count). The average molecular weight is 126 g/mol. The Hall–Kier alpha value is -0.450. The maximum Gasteiger partial charge on any atom is 0.445 e. The average Bonchev–Trinajstić information content (AvgIpc) is 1.30. The van der Waals surface area contributed by atoms with E-state index < -0.39 is 7.75 Å². The SMILES string of the molecule is O=NNP(=O)(O)O. The molecular formula is H3N2O4P. The second kappa shape index (κ2) is 2.02. The lowest BCUT2D eigenvalue weighted by Gasteiger charge is -1.93. The van der Waals surface area contributed by atoms with Crippen molar-refractivity contribution in [3.63, 3.8) is 0 Å². The van der Waals surface area contributed by atoms with E-state index in [1.807, 2.05) is 0 Å². The van der Waals surface area contributed by atoms with Crippen LogP contribution in [0.2, 0.25) is 0 Å². The third-order valence-electron chi connectivity index (χ3n) is 0.171. The molecular weight excluding hydrogens is 123 g/mol. The van der Waals surface area contributed by atoms with Crippen LogP contribution in [-0.2, 0) is 4.57 Å². The summed E-state index contributed by atoms with van der Waals surface area (Å²) in [7, 11) is -4.39. The van der Waals surface area contributed by atoms with Crippen molar-refractivity contribution >= 4 is 7.75 Å². The zero-order chi connectivity index (χ0) is 5.91. The first-order valence-corrected chi connectivity index (χ1v) is 2.82. The maximum atomic E-state index is 9.52. The molecule has 0 bridgehead atoms. The van der Waals surface area contributed by atoms with E-state index in [1.54, 1.807) is 5.29 Å². The van der Waals surface area contributed by atoms with Crippen LogP contribution < -0.4 is 5.20 Å². The summed E-state index contributed by atoms with van der Waals surface area (Å²) >= 11 is 0. The van der Waals surface area contributed by atoms with Gasteiger partial charge in [0.25, 0.3) is 0 Å². The predicted octanol–water partition coefficient (Wildman–Crippen LogP) is -0.650. The lowest BCUT2D eigenvalue weighted by atomic mass is 12.9. The highest BCUT2D eigenvalue weighted by Crippen LogP contribution is 2.27. The standard InChI is InChI=1S/H3N2O4P/c3-1-2-7(4,5)6/h(H3,2,3,4,5,6).